The van der Waals surface area contributed by atoms with Gasteiger partial charge in [-0.05, 0) is 18.2 Å². The number of rotatable bonds is 5. The van der Waals surface area contributed by atoms with Crippen LogP contribution in [0.1, 0.15) is 10.4 Å². The highest BCUT2D eigenvalue weighted by Gasteiger charge is 2.13. The van der Waals surface area contributed by atoms with E-state index in [9.17, 15) is 24.8 Å². The average molecular weight is 350 g/mol. The Bertz CT molecular complexity index is 809. The summed E-state index contributed by atoms with van der Waals surface area (Å²) in [6, 6.07) is 9.57. The molecule has 0 fully saturated rings. The van der Waals surface area contributed by atoms with Crippen LogP contribution in [0.4, 0.5) is 11.4 Å². The van der Waals surface area contributed by atoms with Crippen molar-refractivity contribution in [1.29, 1.82) is 0 Å². The van der Waals surface area contributed by atoms with Crippen LogP contribution < -0.4 is 10.6 Å². The van der Waals surface area contributed by atoms with Crippen LogP contribution in [0.25, 0.3) is 0 Å². The molecule has 0 spiro atoms. The van der Waals surface area contributed by atoms with Crippen LogP contribution in [0.5, 0.6) is 5.75 Å². The molecule has 2 aromatic carbocycles. The van der Waals surface area contributed by atoms with Crippen molar-refractivity contribution < 1.29 is 19.6 Å². The number of benzene rings is 2. The molecule has 0 saturated carbocycles. The van der Waals surface area contributed by atoms with E-state index in [4.69, 9.17) is 11.6 Å². The molecular weight excluding hydrogens is 338 g/mol. The van der Waals surface area contributed by atoms with E-state index in [0.717, 1.165) is 6.07 Å². The number of non-ortho nitro benzene ring substituents is 1. The number of nitrogens with zero attached hydrogens (tertiary/aromatic N) is 1. The number of carbonyl (C=O) groups excluding carboxylic acids is 2. The number of nitro groups is 1. The van der Waals surface area contributed by atoms with Gasteiger partial charge < -0.3 is 15.7 Å². The van der Waals surface area contributed by atoms with E-state index in [1.807, 2.05) is 0 Å². The van der Waals surface area contributed by atoms with E-state index in [2.05, 4.69) is 10.6 Å². The summed E-state index contributed by atoms with van der Waals surface area (Å²) in [5.74, 6) is -1.51. The third-order valence-corrected chi connectivity index (χ3v) is 3.29. The fourth-order valence-electron chi connectivity index (χ4n) is 1.83. The highest BCUT2D eigenvalue weighted by atomic mass is 35.5. The topological polar surface area (TPSA) is 122 Å². The lowest BCUT2D eigenvalue weighted by atomic mass is 10.2. The molecule has 2 amide bonds. The van der Waals surface area contributed by atoms with E-state index in [0.29, 0.717) is 0 Å². The van der Waals surface area contributed by atoms with Gasteiger partial charge in [0.25, 0.3) is 11.6 Å². The Hall–Kier alpha value is -3.13. The second kappa shape index (κ2) is 7.42. The molecule has 124 valence electrons. The second-order valence-corrected chi connectivity index (χ2v) is 5.08. The van der Waals surface area contributed by atoms with Crippen molar-refractivity contribution in [3.8, 4) is 5.75 Å². The first kappa shape index (κ1) is 17.2. The molecule has 9 heteroatoms. The molecule has 0 atom stereocenters. The van der Waals surface area contributed by atoms with E-state index in [1.54, 1.807) is 6.07 Å². The van der Waals surface area contributed by atoms with Crippen LogP contribution in [-0.4, -0.2) is 28.4 Å². The number of anilines is 1. The monoisotopic (exact) mass is 349 g/mol. The lowest BCUT2D eigenvalue weighted by molar-refractivity contribution is -0.384. The van der Waals surface area contributed by atoms with Gasteiger partial charge in [-0.1, -0.05) is 23.7 Å². The number of phenolic OH excluding ortho intramolecular Hbond substituents is 1. The number of amides is 2. The van der Waals surface area contributed by atoms with Crippen LogP contribution in [0.2, 0.25) is 5.02 Å². The first-order valence-electron chi connectivity index (χ1n) is 6.68. The lowest BCUT2D eigenvalue weighted by Gasteiger charge is -2.09. The Morgan fingerprint density at radius 3 is 2.62 bits per heavy atom. The largest absolute Gasteiger partial charge is 0.504 e. The maximum absolute atomic E-state index is 11.9. The Morgan fingerprint density at radius 1 is 1.21 bits per heavy atom. The predicted octanol–water partition coefficient (Wildman–Crippen LogP) is 2.32. The number of nitro benzene ring substituents is 1. The van der Waals surface area contributed by atoms with E-state index >= 15 is 0 Å². The molecule has 0 aromatic heterocycles. The van der Waals surface area contributed by atoms with Crippen molar-refractivity contribution in [2.24, 2.45) is 0 Å². The van der Waals surface area contributed by atoms with Crippen LogP contribution in [0, 0.1) is 10.1 Å². The van der Waals surface area contributed by atoms with Crippen LogP contribution >= 0.6 is 11.6 Å². The summed E-state index contributed by atoms with van der Waals surface area (Å²) < 4.78 is 0. The summed E-state index contributed by atoms with van der Waals surface area (Å²) in [5.41, 5.74) is -0.0596. The number of nitrogens with one attached hydrogen (secondary N) is 2. The Morgan fingerprint density at radius 2 is 1.92 bits per heavy atom. The maximum Gasteiger partial charge on any atom is 0.270 e. The normalized spacial score (nSPS) is 10.0. The minimum atomic E-state index is -0.635. The number of aromatic hydroxyl groups is 1. The molecule has 0 aliphatic rings. The molecule has 2 aromatic rings. The van der Waals surface area contributed by atoms with Crippen LogP contribution in [-0.2, 0) is 4.79 Å². The van der Waals surface area contributed by atoms with Gasteiger partial charge >= 0.3 is 0 Å². The zero-order chi connectivity index (χ0) is 17.7. The standard InChI is InChI=1S/C15H12ClN3O5/c16-11-5-2-6-12(14(11)21)18-13(20)8-17-15(22)9-3-1-4-10(7-9)19(23)24/h1-7,21H,8H2,(H,17,22)(H,18,20). The van der Waals surface area contributed by atoms with E-state index in [1.165, 1.54) is 30.3 Å². The zero-order valence-electron chi connectivity index (χ0n) is 12.2. The van der Waals surface area contributed by atoms with Crippen LogP contribution in [0.15, 0.2) is 42.5 Å². The number of carbonyl (C=O) groups is 2. The van der Waals surface area contributed by atoms with Gasteiger partial charge in [-0.2, -0.15) is 0 Å². The van der Waals surface area contributed by atoms with Gasteiger partial charge in [0, 0.05) is 17.7 Å². The van der Waals surface area contributed by atoms with Crippen molar-refractivity contribution >= 4 is 34.8 Å². The minimum Gasteiger partial charge on any atom is -0.504 e. The fraction of sp³-hybridized carbons (Fsp3) is 0.0667. The van der Waals surface area contributed by atoms with Crippen molar-refractivity contribution in [3.05, 3.63) is 63.2 Å². The molecular formula is C15H12ClN3O5. The summed E-state index contributed by atoms with van der Waals surface area (Å²) >= 11 is 5.72. The number of para-hydroxylation sites is 1. The Labute approximate surface area is 141 Å². The number of phenols is 1. The molecule has 3 N–H and O–H groups in total. The van der Waals surface area contributed by atoms with Gasteiger partial charge in [-0.25, -0.2) is 0 Å². The van der Waals surface area contributed by atoms with Crippen molar-refractivity contribution in [3.63, 3.8) is 0 Å². The first-order chi connectivity index (χ1) is 11.4. The zero-order valence-corrected chi connectivity index (χ0v) is 12.9. The van der Waals surface area contributed by atoms with Gasteiger partial charge in [0.2, 0.25) is 5.91 Å². The van der Waals surface area contributed by atoms with Gasteiger partial charge in [0.1, 0.15) is 0 Å². The van der Waals surface area contributed by atoms with Crippen molar-refractivity contribution in [2.45, 2.75) is 0 Å². The summed E-state index contributed by atoms with van der Waals surface area (Å²) in [7, 11) is 0. The number of hydrogen-bond acceptors (Lipinski definition) is 5. The van der Waals surface area contributed by atoms with Crippen LogP contribution in [0.3, 0.4) is 0 Å². The third-order valence-electron chi connectivity index (χ3n) is 2.99. The SMILES string of the molecule is O=C(CNC(=O)c1cccc([N+](=O)[O-])c1)Nc1cccc(Cl)c1O. The molecule has 0 aliphatic carbocycles. The van der Waals surface area contributed by atoms with Gasteiger partial charge in [0.15, 0.2) is 5.75 Å². The highest BCUT2D eigenvalue weighted by molar-refractivity contribution is 6.32. The summed E-state index contributed by atoms with van der Waals surface area (Å²) in [6.45, 7) is -0.381. The maximum atomic E-state index is 11.9. The van der Waals surface area contributed by atoms with Crippen molar-refractivity contribution in [1.82, 2.24) is 5.32 Å². The smallest absolute Gasteiger partial charge is 0.270 e. The van der Waals surface area contributed by atoms with Gasteiger partial charge in [-0.15, -0.1) is 0 Å². The fourth-order valence-corrected chi connectivity index (χ4v) is 2.01. The summed E-state index contributed by atoms with van der Waals surface area (Å²) in [6.07, 6.45) is 0. The molecule has 0 unspecified atom stereocenters. The summed E-state index contributed by atoms with van der Waals surface area (Å²) in [5, 5.41) is 25.2. The quantitative estimate of drug-likeness (QED) is 0.434. The average Bonchev–Trinajstić information content (AvgIpc) is 2.57. The molecule has 0 heterocycles. The first-order valence-corrected chi connectivity index (χ1v) is 7.06. The highest BCUT2D eigenvalue weighted by Crippen LogP contribution is 2.30. The second-order valence-electron chi connectivity index (χ2n) is 4.67. The predicted molar refractivity (Wildman–Crippen MR) is 87.2 cm³/mol. The van der Waals surface area contributed by atoms with E-state index in [-0.39, 0.29) is 34.3 Å². The van der Waals surface area contributed by atoms with Gasteiger partial charge in [-0.3, -0.25) is 19.7 Å². The van der Waals surface area contributed by atoms with E-state index < -0.39 is 16.7 Å². The number of halogens is 1. The minimum absolute atomic E-state index is 0.0580. The molecule has 8 nitrogen and oxygen atoms in total. The molecule has 0 aliphatic heterocycles. The van der Waals surface area contributed by atoms with Gasteiger partial charge in [0.05, 0.1) is 22.2 Å². The number of hydrogen-bond donors (Lipinski definition) is 3. The lowest BCUT2D eigenvalue weighted by Crippen LogP contribution is -2.32. The molecule has 24 heavy (non-hydrogen) atoms. The molecule has 0 radical (unpaired) electrons. The molecule has 0 saturated heterocycles. The third kappa shape index (κ3) is 4.20. The van der Waals surface area contributed by atoms with Crippen molar-refractivity contribution in [2.75, 3.05) is 11.9 Å². The Kier molecular flexibility index (Phi) is 5.33. The Balaban J connectivity index is 1.96. The molecule has 0 bridgehead atoms. The summed E-state index contributed by atoms with van der Waals surface area (Å²) in [4.78, 5) is 33.8. The molecule has 2 rings (SSSR count).